The summed E-state index contributed by atoms with van der Waals surface area (Å²) in [6, 6.07) is 22.2. The van der Waals surface area contributed by atoms with E-state index in [2.05, 4.69) is 20.8 Å². The number of carbonyl (C=O) groups is 2. The third-order valence-corrected chi connectivity index (χ3v) is 6.98. The highest BCUT2D eigenvalue weighted by Gasteiger charge is 2.42. The van der Waals surface area contributed by atoms with Crippen molar-refractivity contribution in [2.45, 2.75) is 38.6 Å². The first-order valence-electron chi connectivity index (χ1n) is 13.0. The quantitative estimate of drug-likeness (QED) is 0.336. The minimum absolute atomic E-state index is 0.0494. The lowest BCUT2D eigenvalue weighted by Crippen LogP contribution is -2.33. The van der Waals surface area contributed by atoms with Gasteiger partial charge < -0.3 is 19.5 Å². The molecule has 4 rings (SSSR count). The standard InChI is InChI=1S/C33H35NO5/c1-33(2,3)25-15-13-24(14-16-25)30-29(26(35)17-11-22-9-7-6-8-10-22)31(36)32(37)34(30)20-19-23-12-18-27(38-4)28(21-23)39-5/h6-18,21,30,36H,19-20H2,1-5H3/b17-11+/t30-/m1/s1. The van der Waals surface area contributed by atoms with Crippen molar-refractivity contribution < 1.29 is 24.2 Å². The van der Waals surface area contributed by atoms with Crippen molar-refractivity contribution in [2.24, 2.45) is 0 Å². The molecule has 6 heteroatoms. The largest absolute Gasteiger partial charge is 0.503 e. The van der Waals surface area contributed by atoms with Gasteiger partial charge in [-0.1, -0.05) is 87.5 Å². The molecule has 3 aromatic rings. The lowest BCUT2D eigenvalue weighted by atomic mass is 9.85. The molecule has 0 radical (unpaired) electrons. The number of allylic oxidation sites excluding steroid dienone is 1. The summed E-state index contributed by atoms with van der Waals surface area (Å²) >= 11 is 0. The molecule has 0 saturated heterocycles. The van der Waals surface area contributed by atoms with E-state index in [1.807, 2.05) is 72.8 Å². The van der Waals surface area contributed by atoms with Gasteiger partial charge in [0.1, 0.15) is 0 Å². The van der Waals surface area contributed by atoms with E-state index < -0.39 is 23.5 Å². The SMILES string of the molecule is COc1ccc(CCN2C(=O)C(O)=C(C(=O)/C=C/c3ccccc3)[C@H]2c2ccc(C(C)(C)C)cc2)cc1OC. The van der Waals surface area contributed by atoms with Crippen LogP contribution in [0, 0.1) is 0 Å². The summed E-state index contributed by atoms with van der Waals surface area (Å²) in [5.41, 5.74) is 3.73. The zero-order valence-corrected chi connectivity index (χ0v) is 23.1. The number of rotatable bonds is 9. The molecule has 202 valence electrons. The van der Waals surface area contributed by atoms with Crippen molar-refractivity contribution in [1.29, 1.82) is 0 Å². The van der Waals surface area contributed by atoms with Crippen molar-refractivity contribution in [2.75, 3.05) is 20.8 Å². The summed E-state index contributed by atoms with van der Waals surface area (Å²) in [5, 5.41) is 11.0. The molecule has 1 amide bonds. The Kier molecular flexibility index (Phi) is 8.24. The Hall–Kier alpha value is -4.32. The number of amides is 1. The van der Waals surface area contributed by atoms with Gasteiger partial charge in [-0.25, -0.2) is 0 Å². The molecule has 6 nitrogen and oxygen atoms in total. The van der Waals surface area contributed by atoms with Crippen LogP contribution in [0.3, 0.4) is 0 Å². The van der Waals surface area contributed by atoms with E-state index in [1.165, 1.54) is 6.08 Å². The summed E-state index contributed by atoms with van der Waals surface area (Å²) < 4.78 is 10.8. The molecule has 0 aliphatic carbocycles. The lowest BCUT2D eigenvalue weighted by molar-refractivity contribution is -0.129. The number of nitrogens with zero attached hydrogens (tertiary/aromatic N) is 1. The maximum atomic E-state index is 13.4. The molecule has 1 heterocycles. The normalized spacial score (nSPS) is 15.8. The second kappa shape index (κ2) is 11.6. The molecule has 0 saturated carbocycles. The van der Waals surface area contributed by atoms with Gasteiger partial charge in [0.25, 0.3) is 5.91 Å². The van der Waals surface area contributed by atoms with Crippen molar-refractivity contribution in [3.63, 3.8) is 0 Å². The molecular formula is C33H35NO5. The molecule has 0 unspecified atom stereocenters. The van der Waals surface area contributed by atoms with Gasteiger partial charge in [-0.05, 0) is 52.3 Å². The van der Waals surface area contributed by atoms with Gasteiger partial charge in [0, 0.05) is 6.54 Å². The molecule has 1 atom stereocenters. The van der Waals surface area contributed by atoms with E-state index in [1.54, 1.807) is 25.2 Å². The van der Waals surface area contributed by atoms with Crippen molar-refractivity contribution in [3.05, 3.63) is 112 Å². The average Bonchev–Trinajstić information content (AvgIpc) is 3.19. The van der Waals surface area contributed by atoms with Crippen LogP contribution in [0.1, 0.15) is 49.1 Å². The first-order chi connectivity index (χ1) is 18.6. The fraction of sp³-hybridized carbons (Fsp3) is 0.273. The number of benzene rings is 3. The fourth-order valence-corrected chi connectivity index (χ4v) is 4.76. The third kappa shape index (κ3) is 6.06. The third-order valence-electron chi connectivity index (χ3n) is 6.98. The number of ketones is 1. The van der Waals surface area contributed by atoms with Crippen LogP contribution < -0.4 is 9.47 Å². The maximum Gasteiger partial charge on any atom is 0.290 e. The van der Waals surface area contributed by atoms with Gasteiger partial charge in [-0.3, -0.25) is 9.59 Å². The maximum absolute atomic E-state index is 13.4. The molecule has 39 heavy (non-hydrogen) atoms. The average molecular weight is 526 g/mol. The summed E-state index contributed by atoms with van der Waals surface area (Å²) in [4.78, 5) is 28.4. The van der Waals surface area contributed by atoms with Crippen LogP contribution in [0.4, 0.5) is 0 Å². The van der Waals surface area contributed by atoms with Gasteiger partial charge in [0.2, 0.25) is 0 Å². The van der Waals surface area contributed by atoms with Crippen LogP contribution in [0.25, 0.3) is 6.08 Å². The molecular weight excluding hydrogens is 490 g/mol. The highest BCUT2D eigenvalue weighted by molar-refractivity contribution is 6.14. The van der Waals surface area contributed by atoms with Crippen LogP contribution >= 0.6 is 0 Å². The van der Waals surface area contributed by atoms with Crippen molar-refractivity contribution in [3.8, 4) is 11.5 Å². The predicted octanol–water partition coefficient (Wildman–Crippen LogP) is 6.22. The summed E-state index contributed by atoms with van der Waals surface area (Å²) in [6.45, 7) is 6.69. The van der Waals surface area contributed by atoms with Gasteiger partial charge in [-0.15, -0.1) is 0 Å². The number of aliphatic hydroxyl groups is 1. The number of aliphatic hydroxyl groups excluding tert-OH is 1. The van der Waals surface area contributed by atoms with Gasteiger partial charge >= 0.3 is 0 Å². The Morgan fingerprint density at radius 3 is 2.23 bits per heavy atom. The van der Waals surface area contributed by atoms with E-state index in [0.717, 1.165) is 22.3 Å². The molecule has 0 bridgehead atoms. The Labute approximate surface area is 230 Å². The molecule has 1 aliphatic heterocycles. The van der Waals surface area contributed by atoms with Crippen molar-refractivity contribution in [1.82, 2.24) is 4.90 Å². The fourth-order valence-electron chi connectivity index (χ4n) is 4.76. The molecule has 1 aliphatic rings. The zero-order chi connectivity index (χ0) is 28.2. The van der Waals surface area contributed by atoms with Crippen LogP contribution in [0.15, 0.2) is 90.2 Å². The van der Waals surface area contributed by atoms with E-state index in [9.17, 15) is 14.7 Å². The first kappa shape index (κ1) is 27.7. The van der Waals surface area contributed by atoms with E-state index in [0.29, 0.717) is 24.5 Å². The van der Waals surface area contributed by atoms with Gasteiger partial charge in [0.15, 0.2) is 23.0 Å². The number of carbonyl (C=O) groups excluding carboxylic acids is 2. The Morgan fingerprint density at radius 1 is 0.949 bits per heavy atom. The molecule has 0 spiro atoms. The van der Waals surface area contributed by atoms with Crippen LogP contribution in [0.2, 0.25) is 0 Å². The van der Waals surface area contributed by atoms with E-state index in [4.69, 9.17) is 9.47 Å². The smallest absolute Gasteiger partial charge is 0.290 e. The molecule has 1 N–H and O–H groups in total. The lowest BCUT2D eigenvalue weighted by Gasteiger charge is -2.28. The minimum Gasteiger partial charge on any atom is -0.503 e. The predicted molar refractivity (Wildman–Crippen MR) is 153 cm³/mol. The van der Waals surface area contributed by atoms with Crippen LogP contribution in [-0.4, -0.2) is 42.5 Å². The number of ether oxygens (including phenoxy) is 2. The number of hydrogen-bond acceptors (Lipinski definition) is 5. The second-order valence-corrected chi connectivity index (χ2v) is 10.6. The van der Waals surface area contributed by atoms with Crippen LogP contribution in [0.5, 0.6) is 11.5 Å². The minimum atomic E-state index is -0.709. The molecule has 0 aromatic heterocycles. The Balaban J connectivity index is 1.67. The monoisotopic (exact) mass is 525 g/mol. The molecule has 0 fully saturated rings. The van der Waals surface area contributed by atoms with Crippen molar-refractivity contribution >= 4 is 17.8 Å². The molecule has 3 aromatic carbocycles. The summed E-state index contributed by atoms with van der Waals surface area (Å²) in [5.74, 6) is -0.248. The summed E-state index contributed by atoms with van der Waals surface area (Å²) in [6.07, 6.45) is 3.61. The second-order valence-electron chi connectivity index (χ2n) is 10.6. The zero-order valence-electron chi connectivity index (χ0n) is 23.1. The highest BCUT2D eigenvalue weighted by Crippen LogP contribution is 2.39. The Morgan fingerprint density at radius 2 is 1.62 bits per heavy atom. The van der Waals surface area contributed by atoms with Crippen LogP contribution in [-0.2, 0) is 21.4 Å². The Bertz CT molecular complexity index is 1400. The summed E-state index contributed by atoms with van der Waals surface area (Å²) in [7, 11) is 3.15. The van der Waals surface area contributed by atoms with E-state index >= 15 is 0 Å². The van der Waals surface area contributed by atoms with Gasteiger partial charge in [-0.2, -0.15) is 0 Å². The first-order valence-corrected chi connectivity index (χ1v) is 13.0. The topological polar surface area (TPSA) is 76.1 Å². The number of hydrogen-bond donors (Lipinski definition) is 1. The van der Waals surface area contributed by atoms with Gasteiger partial charge in [0.05, 0.1) is 25.8 Å². The number of methoxy groups -OCH3 is 2. The highest BCUT2D eigenvalue weighted by atomic mass is 16.5. The van der Waals surface area contributed by atoms with E-state index in [-0.39, 0.29) is 11.0 Å².